The van der Waals surface area contributed by atoms with E-state index in [1.54, 1.807) is 6.07 Å². The van der Waals surface area contributed by atoms with Crippen LogP contribution in [-0.4, -0.2) is 20.7 Å². The lowest BCUT2D eigenvalue weighted by molar-refractivity contribution is -0.126. The monoisotopic (exact) mass is 413 g/mol. The fourth-order valence-electron chi connectivity index (χ4n) is 2.78. The number of halogens is 2. The molecule has 0 aliphatic rings. The molecule has 3 rings (SSSR count). The number of ketones is 1. The van der Waals surface area contributed by atoms with Crippen LogP contribution in [0, 0.1) is 11.2 Å². The summed E-state index contributed by atoms with van der Waals surface area (Å²) >= 11 is 6.34. The smallest absolute Gasteiger partial charge is 0.299 e. The first-order valence-electron chi connectivity index (χ1n) is 9.20. The second-order valence-corrected chi connectivity index (χ2v) is 8.23. The number of nitrogens with zero attached hydrogens (tertiary/aromatic N) is 2. The van der Waals surface area contributed by atoms with Gasteiger partial charge in [-0.25, -0.2) is 14.2 Å². The average molecular weight is 414 g/mol. The van der Waals surface area contributed by atoms with Gasteiger partial charge in [-0.1, -0.05) is 38.4 Å². The summed E-state index contributed by atoms with van der Waals surface area (Å²) in [7, 11) is 0. The number of aryl methyl sites for hydroxylation is 1. The Morgan fingerprint density at radius 1 is 1.10 bits per heavy atom. The van der Waals surface area contributed by atoms with Gasteiger partial charge in [0.25, 0.3) is 0 Å². The highest BCUT2D eigenvalue weighted by atomic mass is 35.5. The summed E-state index contributed by atoms with van der Waals surface area (Å²) in [4.78, 5) is 35.2. The van der Waals surface area contributed by atoms with Crippen molar-refractivity contribution in [2.45, 2.75) is 33.6 Å². The fraction of sp³-hybridized carbons (Fsp3) is 0.273. The molecular weight excluding hydrogens is 393 g/mol. The Hall–Kier alpha value is -2.86. The molecule has 0 atom stereocenters. The van der Waals surface area contributed by atoms with Gasteiger partial charge in [-0.05, 0) is 48.4 Å². The van der Waals surface area contributed by atoms with Crippen molar-refractivity contribution >= 4 is 17.4 Å². The molecule has 0 spiro atoms. The maximum absolute atomic E-state index is 13.2. The molecule has 0 aliphatic carbocycles. The Morgan fingerprint density at radius 3 is 2.45 bits per heavy atom. The van der Waals surface area contributed by atoms with Crippen molar-refractivity contribution in [3.63, 3.8) is 0 Å². The largest absolute Gasteiger partial charge is 0.348 e. The van der Waals surface area contributed by atoms with E-state index in [9.17, 15) is 14.0 Å². The van der Waals surface area contributed by atoms with Crippen molar-refractivity contribution in [3.8, 4) is 22.8 Å². The molecule has 0 unspecified atom stereocenters. The van der Waals surface area contributed by atoms with Crippen molar-refractivity contribution < 1.29 is 9.18 Å². The third kappa shape index (κ3) is 5.15. The number of nitrogens with one attached hydrogen (secondary N) is 1. The second-order valence-electron chi connectivity index (χ2n) is 7.82. The van der Waals surface area contributed by atoms with Crippen LogP contribution < -0.4 is 5.69 Å². The summed E-state index contributed by atoms with van der Waals surface area (Å²) in [6, 6.07) is 10.9. The summed E-state index contributed by atoms with van der Waals surface area (Å²) in [6.45, 7) is 5.68. The summed E-state index contributed by atoms with van der Waals surface area (Å²) < 4.78 is 13.2. The number of hydrogen-bond donors (Lipinski definition) is 1. The maximum Gasteiger partial charge on any atom is 0.348 e. The zero-order chi connectivity index (χ0) is 21.2. The topological polar surface area (TPSA) is 75.7 Å². The van der Waals surface area contributed by atoms with Crippen molar-refractivity contribution in [2.75, 3.05) is 0 Å². The van der Waals surface area contributed by atoms with Gasteiger partial charge in [0, 0.05) is 23.0 Å². The molecule has 0 radical (unpaired) electrons. The first-order valence-corrected chi connectivity index (χ1v) is 9.58. The lowest BCUT2D eigenvalue weighted by Crippen LogP contribution is -2.20. The number of benzene rings is 2. The van der Waals surface area contributed by atoms with Gasteiger partial charge in [0.2, 0.25) is 0 Å². The van der Waals surface area contributed by atoms with E-state index >= 15 is 0 Å². The minimum absolute atomic E-state index is 0.169. The Morgan fingerprint density at radius 2 is 1.79 bits per heavy atom. The molecule has 29 heavy (non-hydrogen) atoms. The zero-order valence-electron chi connectivity index (χ0n) is 16.4. The van der Waals surface area contributed by atoms with Crippen LogP contribution in [0.3, 0.4) is 0 Å². The molecule has 5 nitrogen and oxygen atoms in total. The molecule has 7 heteroatoms. The van der Waals surface area contributed by atoms with Crippen molar-refractivity contribution in [2.24, 2.45) is 5.41 Å². The zero-order valence-corrected chi connectivity index (χ0v) is 17.2. The number of aromatic amines is 1. The van der Waals surface area contributed by atoms with Gasteiger partial charge in [0.1, 0.15) is 17.4 Å². The summed E-state index contributed by atoms with van der Waals surface area (Å²) in [5.74, 6) is 0.217. The molecule has 150 valence electrons. The second kappa shape index (κ2) is 8.25. The highest BCUT2D eigenvalue weighted by molar-refractivity contribution is 6.33. The molecule has 0 amide bonds. The molecule has 2 aromatic carbocycles. The lowest BCUT2D eigenvalue weighted by Gasteiger charge is -2.16. The first-order chi connectivity index (χ1) is 13.6. The third-order valence-corrected chi connectivity index (χ3v) is 4.85. The molecule has 1 heterocycles. The minimum atomic E-state index is -0.585. The summed E-state index contributed by atoms with van der Waals surface area (Å²) in [5.41, 5.74) is 0.984. The number of hydrogen-bond acceptors (Lipinski definition) is 4. The van der Waals surface area contributed by atoms with E-state index in [2.05, 4.69) is 15.0 Å². The lowest BCUT2D eigenvalue weighted by atomic mass is 9.87. The van der Waals surface area contributed by atoms with Crippen LogP contribution in [0.1, 0.15) is 32.8 Å². The maximum atomic E-state index is 13.2. The van der Waals surface area contributed by atoms with E-state index < -0.39 is 11.1 Å². The summed E-state index contributed by atoms with van der Waals surface area (Å²) in [5, 5.41) is 0.412. The number of carbonyl (C=O) groups is 1. The summed E-state index contributed by atoms with van der Waals surface area (Å²) in [6.07, 6.45) is 0.964. The van der Waals surface area contributed by atoms with Gasteiger partial charge in [0.15, 0.2) is 5.82 Å². The van der Waals surface area contributed by atoms with Crippen LogP contribution >= 0.6 is 11.6 Å². The normalized spacial score (nSPS) is 11.5. The van der Waals surface area contributed by atoms with E-state index in [4.69, 9.17) is 11.6 Å². The van der Waals surface area contributed by atoms with Gasteiger partial charge in [-0.2, -0.15) is 4.98 Å². The molecule has 0 fully saturated rings. The van der Waals surface area contributed by atoms with Crippen LogP contribution in [0.2, 0.25) is 5.02 Å². The molecule has 3 aromatic rings. The molecule has 0 saturated heterocycles. The van der Waals surface area contributed by atoms with Crippen LogP contribution in [0.25, 0.3) is 22.8 Å². The highest BCUT2D eigenvalue weighted by Gasteiger charge is 2.20. The number of rotatable bonds is 5. The Balaban J connectivity index is 1.95. The van der Waals surface area contributed by atoms with E-state index in [1.165, 1.54) is 24.3 Å². The number of H-pyrrole nitrogens is 1. The van der Waals surface area contributed by atoms with Crippen molar-refractivity contribution in [3.05, 3.63) is 69.4 Å². The predicted octanol–water partition coefficient (Wildman–Crippen LogP) is 4.84. The number of carbonyl (C=O) groups excluding carboxylic acids is 1. The molecule has 1 aromatic heterocycles. The van der Waals surface area contributed by atoms with Crippen LogP contribution in [0.4, 0.5) is 4.39 Å². The molecule has 0 bridgehead atoms. The SMILES string of the molecule is CC(C)(C)C(=O)CCc1ccc(Cl)c(-c2nc(-c3ccc(F)cc3)nc(=O)[nH]2)c1. The average Bonchev–Trinajstić information content (AvgIpc) is 2.66. The minimum Gasteiger partial charge on any atom is -0.299 e. The van der Waals surface area contributed by atoms with E-state index in [-0.39, 0.29) is 23.2 Å². The van der Waals surface area contributed by atoms with Crippen LogP contribution in [0.15, 0.2) is 47.3 Å². The van der Waals surface area contributed by atoms with E-state index in [0.29, 0.717) is 29.0 Å². The molecule has 0 saturated carbocycles. The van der Waals surface area contributed by atoms with E-state index in [0.717, 1.165) is 5.56 Å². The molecule has 1 N–H and O–H groups in total. The predicted molar refractivity (Wildman–Crippen MR) is 111 cm³/mol. The fourth-order valence-corrected chi connectivity index (χ4v) is 2.99. The van der Waals surface area contributed by atoms with Crippen molar-refractivity contribution in [1.29, 1.82) is 0 Å². The number of Topliss-reactive ketones (excluding diaryl/α,β-unsaturated/α-hetero) is 1. The standard InChI is InChI=1S/C22H21ClFN3O2/c1-22(2,3)18(28)11-5-13-4-10-17(23)16(12-13)20-25-19(26-21(29)27-20)14-6-8-15(24)9-7-14/h4,6-10,12H,5,11H2,1-3H3,(H,25,26,27,29). The van der Waals surface area contributed by atoms with Gasteiger partial charge in [-0.15, -0.1) is 0 Å². The van der Waals surface area contributed by atoms with Gasteiger partial charge in [-0.3, -0.25) is 9.78 Å². The quantitative estimate of drug-likeness (QED) is 0.649. The van der Waals surface area contributed by atoms with Crippen LogP contribution in [0.5, 0.6) is 0 Å². The van der Waals surface area contributed by atoms with E-state index in [1.807, 2.05) is 32.9 Å². The molecule has 0 aliphatic heterocycles. The van der Waals surface area contributed by atoms with Gasteiger partial charge in [0.05, 0.1) is 5.02 Å². The first kappa shape index (κ1) is 20.9. The van der Waals surface area contributed by atoms with Gasteiger partial charge >= 0.3 is 5.69 Å². The van der Waals surface area contributed by atoms with Crippen molar-refractivity contribution in [1.82, 2.24) is 15.0 Å². The molecular formula is C22H21ClFN3O2. The highest BCUT2D eigenvalue weighted by Crippen LogP contribution is 2.28. The Labute approximate surface area is 173 Å². The van der Waals surface area contributed by atoms with Crippen LogP contribution in [-0.2, 0) is 11.2 Å². The van der Waals surface area contributed by atoms with Gasteiger partial charge < -0.3 is 0 Å². The Kier molecular flexibility index (Phi) is 5.94. The number of aromatic nitrogens is 3. The Bertz CT molecular complexity index is 1100. The third-order valence-electron chi connectivity index (χ3n) is 4.52.